The van der Waals surface area contributed by atoms with Crippen LogP contribution in [0.15, 0.2) is 54.6 Å². The van der Waals surface area contributed by atoms with Crippen LogP contribution in [0, 0.1) is 5.82 Å². The van der Waals surface area contributed by atoms with E-state index in [-0.39, 0.29) is 23.9 Å². The summed E-state index contributed by atoms with van der Waals surface area (Å²) in [4.78, 5) is 14.5. The number of anilines is 1. The largest absolute Gasteiger partial charge is 0.375 e. The lowest BCUT2D eigenvalue weighted by Crippen LogP contribution is -2.41. The molecule has 0 aromatic heterocycles. The Morgan fingerprint density at radius 3 is 2.89 bits per heavy atom. The van der Waals surface area contributed by atoms with E-state index in [4.69, 9.17) is 4.74 Å². The van der Waals surface area contributed by atoms with Crippen molar-refractivity contribution in [3.8, 4) is 0 Å². The van der Waals surface area contributed by atoms with E-state index in [0.29, 0.717) is 5.56 Å². The van der Waals surface area contributed by atoms with Crippen LogP contribution in [0.3, 0.4) is 0 Å². The van der Waals surface area contributed by atoms with Crippen molar-refractivity contribution in [2.45, 2.75) is 26.0 Å². The summed E-state index contributed by atoms with van der Waals surface area (Å²) < 4.78 is 18.8. The molecule has 0 saturated carbocycles. The van der Waals surface area contributed by atoms with Crippen LogP contribution in [0.1, 0.15) is 31.0 Å². The molecule has 1 unspecified atom stereocenters. The van der Waals surface area contributed by atoms with E-state index in [1.54, 1.807) is 18.2 Å². The van der Waals surface area contributed by atoms with Crippen LogP contribution in [-0.4, -0.2) is 31.7 Å². The minimum Gasteiger partial charge on any atom is -0.375 e. The minimum atomic E-state index is -0.319. The number of nitrogens with zero attached hydrogens (tertiary/aromatic N) is 1. The van der Waals surface area contributed by atoms with Gasteiger partial charge < -0.3 is 15.0 Å². The molecule has 2 atom stereocenters. The number of carbonyl (C=O) groups is 1. The van der Waals surface area contributed by atoms with E-state index in [0.717, 1.165) is 30.9 Å². The molecule has 5 heteroatoms. The van der Waals surface area contributed by atoms with Gasteiger partial charge in [0.2, 0.25) is 5.91 Å². The molecule has 0 bridgehead atoms. The van der Waals surface area contributed by atoms with Crippen molar-refractivity contribution in [3.05, 3.63) is 71.6 Å². The number of benzene rings is 2. The van der Waals surface area contributed by atoms with Crippen LogP contribution in [0.25, 0.3) is 6.08 Å². The number of amides is 1. The van der Waals surface area contributed by atoms with Crippen LogP contribution in [-0.2, 0) is 9.53 Å². The molecule has 0 radical (unpaired) electrons. The monoisotopic (exact) mass is 368 g/mol. The lowest BCUT2D eigenvalue weighted by Gasteiger charge is -2.33. The Morgan fingerprint density at radius 2 is 2.11 bits per heavy atom. The fraction of sp³-hybridized carbons (Fsp3) is 0.318. The number of rotatable bonds is 5. The molecule has 1 fully saturated rings. The molecule has 1 heterocycles. The van der Waals surface area contributed by atoms with Crippen molar-refractivity contribution < 1.29 is 13.9 Å². The number of nitrogens with one attached hydrogen (secondary N) is 1. The number of carbonyl (C=O) groups excluding carboxylic acids is 1. The summed E-state index contributed by atoms with van der Waals surface area (Å²) in [6.07, 6.45) is 3.25. The highest BCUT2D eigenvalue weighted by atomic mass is 19.1. The maximum absolute atomic E-state index is 13.2. The normalized spacial score (nSPS) is 18.5. The van der Waals surface area contributed by atoms with Crippen LogP contribution < -0.4 is 10.2 Å². The van der Waals surface area contributed by atoms with Gasteiger partial charge in [-0.25, -0.2) is 4.39 Å². The Kier molecular flexibility index (Phi) is 6.24. The Hall–Kier alpha value is -2.66. The summed E-state index contributed by atoms with van der Waals surface area (Å²) in [6.45, 7) is 6.48. The van der Waals surface area contributed by atoms with Crippen molar-refractivity contribution in [1.82, 2.24) is 5.32 Å². The number of halogens is 1. The van der Waals surface area contributed by atoms with E-state index < -0.39 is 0 Å². The summed E-state index contributed by atoms with van der Waals surface area (Å²) in [5, 5.41) is 2.96. The van der Waals surface area contributed by atoms with Gasteiger partial charge in [0.15, 0.2) is 0 Å². The molecule has 3 rings (SSSR count). The molecule has 27 heavy (non-hydrogen) atoms. The van der Waals surface area contributed by atoms with Gasteiger partial charge in [0.25, 0.3) is 0 Å². The highest BCUT2D eigenvalue weighted by Crippen LogP contribution is 2.22. The molecule has 1 N–H and O–H groups in total. The quantitative estimate of drug-likeness (QED) is 0.813. The molecule has 1 aliphatic heterocycles. The van der Waals surface area contributed by atoms with E-state index >= 15 is 0 Å². The molecule has 1 saturated heterocycles. The predicted octanol–water partition coefficient (Wildman–Crippen LogP) is 3.94. The standard InChI is InChI=1S/C22H25FN2O2/c1-16-15-25(11-12-27-16)21-8-4-6-19(14-21)17(2)24-22(26)10-9-18-5-3-7-20(23)13-18/h3-10,13-14,16-17H,11-12,15H2,1-2H3,(H,24,26)/t16?,17-/m0/s1. The predicted molar refractivity (Wildman–Crippen MR) is 106 cm³/mol. The fourth-order valence-corrected chi connectivity index (χ4v) is 3.17. The van der Waals surface area contributed by atoms with Gasteiger partial charge in [0.05, 0.1) is 18.8 Å². The maximum atomic E-state index is 13.2. The fourth-order valence-electron chi connectivity index (χ4n) is 3.17. The molecule has 0 aliphatic carbocycles. The zero-order chi connectivity index (χ0) is 19.2. The summed E-state index contributed by atoms with van der Waals surface area (Å²) in [6, 6.07) is 14.2. The second kappa shape index (κ2) is 8.82. The molecule has 2 aromatic rings. The zero-order valence-electron chi connectivity index (χ0n) is 15.7. The first-order chi connectivity index (χ1) is 13.0. The summed E-state index contributed by atoms with van der Waals surface area (Å²) in [5.41, 5.74) is 2.83. The molecule has 1 aliphatic rings. The molecular formula is C22H25FN2O2. The van der Waals surface area contributed by atoms with Crippen LogP contribution in [0.5, 0.6) is 0 Å². The zero-order valence-corrected chi connectivity index (χ0v) is 15.7. The third kappa shape index (κ3) is 5.41. The van der Waals surface area contributed by atoms with Gasteiger partial charge in [-0.15, -0.1) is 0 Å². The van der Waals surface area contributed by atoms with Gasteiger partial charge in [-0.05, 0) is 55.3 Å². The Labute approximate surface area is 159 Å². The number of hydrogen-bond acceptors (Lipinski definition) is 3. The van der Waals surface area contributed by atoms with Crippen LogP contribution >= 0.6 is 0 Å². The van der Waals surface area contributed by atoms with Gasteiger partial charge in [0, 0.05) is 24.9 Å². The Balaban J connectivity index is 1.62. The number of ether oxygens (including phenoxy) is 1. The number of morpholine rings is 1. The smallest absolute Gasteiger partial charge is 0.244 e. The average Bonchev–Trinajstić information content (AvgIpc) is 2.66. The van der Waals surface area contributed by atoms with Crippen molar-refractivity contribution in [3.63, 3.8) is 0 Å². The van der Waals surface area contributed by atoms with E-state index in [9.17, 15) is 9.18 Å². The summed E-state index contributed by atoms with van der Waals surface area (Å²) in [7, 11) is 0. The second-order valence-electron chi connectivity index (χ2n) is 6.84. The maximum Gasteiger partial charge on any atom is 0.244 e. The molecule has 2 aromatic carbocycles. The average molecular weight is 368 g/mol. The molecule has 1 amide bonds. The van der Waals surface area contributed by atoms with Gasteiger partial charge in [0.1, 0.15) is 5.82 Å². The second-order valence-corrected chi connectivity index (χ2v) is 6.84. The van der Waals surface area contributed by atoms with E-state index in [1.807, 2.05) is 19.1 Å². The lowest BCUT2D eigenvalue weighted by molar-refractivity contribution is -0.117. The highest BCUT2D eigenvalue weighted by Gasteiger charge is 2.18. The van der Waals surface area contributed by atoms with Crippen LogP contribution in [0.2, 0.25) is 0 Å². The van der Waals surface area contributed by atoms with Crippen molar-refractivity contribution in [2.24, 2.45) is 0 Å². The third-order valence-corrected chi connectivity index (χ3v) is 4.61. The van der Waals surface area contributed by atoms with Gasteiger partial charge in [-0.1, -0.05) is 24.3 Å². The van der Waals surface area contributed by atoms with E-state index in [2.05, 4.69) is 29.3 Å². The topological polar surface area (TPSA) is 41.6 Å². The SMILES string of the molecule is CC1CN(c2cccc([C@H](C)NC(=O)C=Cc3cccc(F)c3)c2)CCO1. The first-order valence-electron chi connectivity index (χ1n) is 9.22. The van der Waals surface area contributed by atoms with Gasteiger partial charge in [-0.2, -0.15) is 0 Å². The molecule has 142 valence electrons. The molecule has 4 nitrogen and oxygen atoms in total. The highest BCUT2D eigenvalue weighted by molar-refractivity contribution is 5.92. The molecular weight excluding hydrogens is 343 g/mol. The third-order valence-electron chi connectivity index (χ3n) is 4.61. The minimum absolute atomic E-state index is 0.131. The summed E-state index contributed by atoms with van der Waals surface area (Å²) in [5.74, 6) is -0.530. The Bertz CT molecular complexity index is 821. The lowest BCUT2D eigenvalue weighted by atomic mass is 10.1. The van der Waals surface area contributed by atoms with Gasteiger partial charge >= 0.3 is 0 Å². The molecule has 0 spiro atoms. The van der Waals surface area contributed by atoms with Crippen molar-refractivity contribution in [2.75, 3.05) is 24.6 Å². The van der Waals surface area contributed by atoms with Gasteiger partial charge in [-0.3, -0.25) is 4.79 Å². The number of hydrogen-bond donors (Lipinski definition) is 1. The van der Waals surface area contributed by atoms with Crippen molar-refractivity contribution >= 4 is 17.7 Å². The Morgan fingerprint density at radius 1 is 1.30 bits per heavy atom. The first-order valence-corrected chi connectivity index (χ1v) is 9.22. The summed E-state index contributed by atoms with van der Waals surface area (Å²) >= 11 is 0. The van der Waals surface area contributed by atoms with Crippen molar-refractivity contribution in [1.29, 1.82) is 0 Å². The van der Waals surface area contributed by atoms with Crippen LogP contribution in [0.4, 0.5) is 10.1 Å². The van der Waals surface area contributed by atoms with E-state index in [1.165, 1.54) is 18.2 Å². The first kappa shape index (κ1) is 19.1.